The van der Waals surface area contributed by atoms with Crippen LogP contribution in [0.1, 0.15) is 89.9 Å². The maximum atomic E-state index is 14.0. The highest BCUT2D eigenvalue weighted by molar-refractivity contribution is 6.06. The first-order valence-corrected chi connectivity index (χ1v) is 15.3. The normalized spacial score (nSPS) is 26.0. The van der Waals surface area contributed by atoms with Gasteiger partial charge in [-0.15, -0.1) is 0 Å². The molecule has 0 spiro atoms. The summed E-state index contributed by atoms with van der Waals surface area (Å²) in [6, 6.07) is 9.62. The SMILES string of the molecule is NC1=NC(CC2CCCCC2)(CC2CCCCC2)C(=O)N1CCC1CCN(C(O)COc2ccccc2)C1. The van der Waals surface area contributed by atoms with E-state index in [0.717, 1.165) is 44.5 Å². The molecular formula is C31H48N4O3. The Morgan fingerprint density at radius 3 is 2.21 bits per heavy atom. The van der Waals surface area contributed by atoms with E-state index in [2.05, 4.69) is 4.90 Å². The molecule has 2 saturated carbocycles. The molecule has 210 valence electrons. The van der Waals surface area contributed by atoms with Gasteiger partial charge in [0, 0.05) is 19.6 Å². The highest BCUT2D eigenvalue weighted by Crippen LogP contribution is 2.42. The van der Waals surface area contributed by atoms with Gasteiger partial charge >= 0.3 is 0 Å². The van der Waals surface area contributed by atoms with Crippen LogP contribution in [-0.2, 0) is 4.79 Å². The minimum Gasteiger partial charge on any atom is -0.489 e. The Balaban J connectivity index is 1.15. The van der Waals surface area contributed by atoms with Crippen LogP contribution in [0.25, 0.3) is 0 Å². The van der Waals surface area contributed by atoms with Gasteiger partial charge in [0.15, 0.2) is 5.96 Å². The lowest BCUT2D eigenvalue weighted by Crippen LogP contribution is -2.47. The first kappa shape index (κ1) is 27.4. The lowest BCUT2D eigenvalue weighted by molar-refractivity contribution is -0.133. The van der Waals surface area contributed by atoms with E-state index in [0.29, 0.717) is 30.3 Å². The third kappa shape index (κ3) is 6.71. The van der Waals surface area contributed by atoms with Gasteiger partial charge in [0.05, 0.1) is 0 Å². The number of hydrogen-bond acceptors (Lipinski definition) is 6. The number of benzene rings is 1. The van der Waals surface area contributed by atoms with E-state index >= 15 is 0 Å². The molecule has 2 heterocycles. The molecule has 4 aliphatic rings. The van der Waals surface area contributed by atoms with Crippen LogP contribution in [0.5, 0.6) is 5.75 Å². The van der Waals surface area contributed by atoms with Crippen LogP contribution in [-0.4, -0.2) is 64.8 Å². The second kappa shape index (κ2) is 12.8. The second-order valence-electron chi connectivity index (χ2n) is 12.4. The van der Waals surface area contributed by atoms with Gasteiger partial charge in [0.1, 0.15) is 24.1 Å². The third-order valence-electron chi connectivity index (χ3n) is 9.59. The topological polar surface area (TPSA) is 91.4 Å². The van der Waals surface area contributed by atoms with Gasteiger partial charge in [-0.05, 0) is 55.6 Å². The number of amides is 1. The Hall–Kier alpha value is -2.12. The van der Waals surface area contributed by atoms with Crippen molar-refractivity contribution in [3.63, 3.8) is 0 Å². The molecule has 2 aliphatic heterocycles. The molecule has 38 heavy (non-hydrogen) atoms. The van der Waals surface area contributed by atoms with Gasteiger partial charge in [-0.3, -0.25) is 14.6 Å². The number of hydrogen-bond donors (Lipinski definition) is 2. The summed E-state index contributed by atoms with van der Waals surface area (Å²) in [6.45, 7) is 2.54. The number of nitrogens with two attached hydrogens (primary N) is 1. The van der Waals surface area contributed by atoms with E-state index < -0.39 is 11.8 Å². The maximum absolute atomic E-state index is 14.0. The fraction of sp³-hybridized carbons (Fsp3) is 0.742. The van der Waals surface area contributed by atoms with Gasteiger partial charge in [0.2, 0.25) is 0 Å². The highest BCUT2D eigenvalue weighted by Gasteiger charge is 2.50. The van der Waals surface area contributed by atoms with Crippen molar-refractivity contribution in [3.05, 3.63) is 30.3 Å². The molecule has 3 N–H and O–H groups in total. The molecule has 1 aromatic rings. The second-order valence-corrected chi connectivity index (χ2v) is 12.4. The lowest BCUT2D eigenvalue weighted by atomic mass is 9.73. The van der Waals surface area contributed by atoms with Crippen molar-refractivity contribution in [2.75, 3.05) is 26.2 Å². The molecule has 1 saturated heterocycles. The summed E-state index contributed by atoms with van der Waals surface area (Å²) < 4.78 is 5.76. The van der Waals surface area contributed by atoms with Gasteiger partial charge in [0.25, 0.3) is 5.91 Å². The number of nitrogens with zero attached hydrogens (tertiary/aromatic N) is 3. The summed E-state index contributed by atoms with van der Waals surface area (Å²) in [5, 5.41) is 10.7. The van der Waals surface area contributed by atoms with Gasteiger partial charge < -0.3 is 15.6 Å². The average Bonchev–Trinajstić information content (AvgIpc) is 3.50. The van der Waals surface area contributed by atoms with Crippen molar-refractivity contribution < 1.29 is 14.6 Å². The summed E-state index contributed by atoms with van der Waals surface area (Å²) in [6.07, 6.45) is 15.7. The van der Waals surface area contributed by atoms with E-state index in [-0.39, 0.29) is 12.5 Å². The lowest BCUT2D eigenvalue weighted by Gasteiger charge is -2.35. The van der Waals surface area contributed by atoms with Crippen LogP contribution in [0, 0.1) is 17.8 Å². The number of para-hydroxylation sites is 1. The number of rotatable bonds is 11. The summed E-state index contributed by atoms with van der Waals surface area (Å²) >= 11 is 0. The molecule has 2 atom stereocenters. The minimum absolute atomic E-state index is 0.164. The predicted octanol–water partition coefficient (Wildman–Crippen LogP) is 4.93. The summed E-state index contributed by atoms with van der Waals surface area (Å²) in [5.41, 5.74) is 5.86. The van der Waals surface area contributed by atoms with E-state index in [1.165, 1.54) is 64.2 Å². The first-order chi connectivity index (χ1) is 18.5. The first-order valence-electron chi connectivity index (χ1n) is 15.3. The predicted molar refractivity (Wildman–Crippen MR) is 151 cm³/mol. The number of aliphatic hydroxyl groups is 1. The fourth-order valence-corrected chi connectivity index (χ4v) is 7.46. The van der Waals surface area contributed by atoms with Crippen molar-refractivity contribution in [2.24, 2.45) is 28.5 Å². The number of carbonyl (C=O) groups excluding carboxylic acids is 1. The van der Waals surface area contributed by atoms with Gasteiger partial charge in [-0.2, -0.15) is 0 Å². The van der Waals surface area contributed by atoms with Crippen LogP contribution in [0.2, 0.25) is 0 Å². The van der Waals surface area contributed by atoms with Crippen molar-refractivity contribution in [2.45, 2.75) is 102 Å². The van der Waals surface area contributed by atoms with Crippen molar-refractivity contribution in [1.29, 1.82) is 0 Å². The monoisotopic (exact) mass is 524 g/mol. The number of likely N-dealkylation sites (tertiary alicyclic amines) is 1. The minimum atomic E-state index is -0.638. The van der Waals surface area contributed by atoms with Crippen LogP contribution in [0.15, 0.2) is 35.3 Å². The van der Waals surface area contributed by atoms with E-state index in [9.17, 15) is 9.90 Å². The number of ether oxygens (including phenoxy) is 1. The van der Waals surface area contributed by atoms with Crippen molar-refractivity contribution >= 4 is 11.9 Å². The molecule has 7 heteroatoms. The Morgan fingerprint density at radius 2 is 1.58 bits per heavy atom. The molecule has 2 aliphatic carbocycles. The molecule has 0 radical (unpaired) electrons. The van der Waals surface area contributed by atoms with Crippen molar-refractivity contribution in [3.8, 4) is 5.75 Å². The Labute approximate surface area is 228 Å². The van der Waals surface area contributed by atoms with E-state index in [1.807, 2.05) is 35.2 Å². The largest absolute Gasteiger partial charge is 0.489 e. The molecule has 0 aromatic heterocycles. The molecule has 1 aromatic carbocycles. The molecule has 3 fully saturated rings. The number of aliphatic hydroxyl groups excluding tert-OH is 1. The Morgan fingerprint density at radius 1 is 0.947 bits per heavy atom. The molecular weight excluding hydrogens is 476 g/mol. The van der Waals surface area contributed by atoms with Crippen molar-refractivity contribution in [1.82, 2.24) is 9.80 Å². The molecule has 2 unspecified atom stereocenters. The summed E-state index contributed by atoms with van der Waals surface area (Å²) in [5.74, 6) is 2.99. The highest BCUT2D eigenvalue weighted by atomic mass is 16.5. The average molecular weight is 525 g/mol. The van der Waals surface area contributed by atoms with Crippen LogP contribution >= 0.6 is 0 Å². The van der Waals surface area contributed by atoms with Crippen LogP contribution in [0.4, 0.5) is 0 Å². The Kier molecular flexibility index (Phi) is 9.26. The maximum Gasteiger partial charge on any atom is 0.257 e. The molecule has 5 rings (SSSR count). The summed E-state index contributed by atoms with van der Waals surface area (Å²) in [4.78, 5) is 23.0. The molecule has 0 bridgehead atoms. The number of guanidine groups is 1. The van der Waals surface area contributed by atoms with Crippen LogP contribution < -0.4 is 10.5 Å². The van der Waals surface area contributed by atoms with E-state index in [1.54, 1.807) is 0 Å². The molecule has 1 amide bonds. The van der Waals surface area contributed by atoms with E-state index in [4.69, 9.17) is 15.5 Å². The van der Waals surface area contributed by atoms with Gasteiger partial charge in [-0.25, -0.2) is 4.99 Å². The zero-order valence-corrected chi connectivity index (χ0v) is 23.1. The zero-order valence-electron chi connectivity index (χ0n) is 23.1. The Bertz CT molecular complexity index is 906. The summed E-state index contributed by atoms with van der Waals surface area (Å²) in [7, 11) is 0. The van der Waals surface area contributed by atoms with Gasteiger partial charge in [-0.1, -0.05) is 82.4 Å². The number of aliphatic imine (C=N–C) groups is 1. The number of carbonyl (C=O) groups is 1. The quantitative estimate of drug-likeness (QED) is 0.428. The fourth-order valence-electron chi connectivity index (χ4n) is 7.46. The third-order valence-corrected chi connectivity index (χ3v) is 9.59. The smallest absolute Gasteiger partial charge is 0.257 e. The molecule has 7 nitrogen and oxygen atoms in total. The van der Waals surface area contributed by atoms with Crippen LogP contribution in [0.3, 0.4) is 0 Å². The zero-order chi connectivity index (χ0) is 26.4. The standard InChI is InChI=1S/C31H48N4O3/c32-30-33-31(20-24-10-4-1-5-11-24,21-25-12-6-2-7-13-25)29(37)35(30)19-17-26-16-18-34(22-26)28(36)23-38-27-14-8-3-9-15-27/h3,8-9,14-15,24-26,28,36H,1-2,4-7,10-13,16-23H2,(H2,32,33).